The van der Waals surface area contributed by atoms with Crippen molar-refractivity contribution in [3.8, 4) is 0 Å². The van der Waals surface area contributed by atoms with Crippen LogP contribution in [0, 0.1) is 6.92 Å². The van der Waals surface area contributed by atoms with E-state index in [1.165, 1.54) is 50.6 Å². The fourth-order valence-electron chi connectivity index (χ4n) is 4.73. The number of nitrogens with one attached hydrogen (secondary N) is 1. The summed E-state index contributed by atoms with van der Waals surface area (Å²) in [6, 6.07) is 11.9. The van der Waals surface area contributed by atoms with Gasteiger partial charge in [-0.15, -0.1) is 0 Å². The third kappa shape index (κ3) is 8.33. The van der Waals surface area contributed by atoms with Gasteiger partial charge in [0.2, 0.25) is 0 Å². The van der Waals surface area contributed by atoms with Gasteiger partial charge in [0.25, 0.3) is 10.0 Å². The van der Waals surface area contributed by atoms with Crippen LogP contribution >= 0.6 is 0 Å². The maximum Gasteiger partial charge on any atom is 0.490 e. The molecule has 4 rings (SSSR count). The molecule has 0 saturated carbocycles. The highest BCUT2D eigenvalue weighted by molar-refractivity contribution is 7.92. The number of benzene rings is 2. The molecule has 214 valence electrons. The van der Waals surface area contributed by atoms with E-state index in [-0.39, 0.29) is 16.1 Å². The molecule has 9 nitrogen and oxygen atoms in total. The molecule has 0 unspecified atom stereocenters. The molecule has 2 aliphatic heterocycles. The Hall–Kier alpha value is -3.32. The minimum Gasteiger partial charge on any atom is -0.478 e. The standard InChI is InChI=1S/C24H31N3O4S.C2HF3O2/c1-18-5-8-21(9-6-18)32(30,31)25-19-7-10-23(22(17-19)24(28)29)27-15-11-20(12-16-27)26-13-3-2-4-14-26;3-2(4,5)1(6)7/h5-10,17,20,25H,2-4,11-16H2,1H3,(H,28,29);(H,6,7). The fraction of sp³-hybridized carbons (Fsp3) is 0.462. The number of aliphatic carboxylic acids is 1. The predicted octanol–water partition coefficient (Wildman–Crippen LogP) is 4.58. The Bertz CT molecular complexity index is 1250. The second-order valence-corrected chi connectivity index (χ2v) is 11.3. The summed E-state index contributed by atoms with van der Waals surface area (Å²) in [5.74, 6) is -3.82. The van der Waals surface area contributed by atoms with Crippen LogP contribution in [0.15, 0.2) is 47.4 Å². The van der Waals surface area contributed by atoms with Gasteiger partial charge in [-0.25, -0.2) is 18.0 Å². The first kappa shape index (κ1) is 30.2. The summed E-state index contributed by atoms with van der Waals surface area (Å²) in [4.78, 5) is 25.7. The highest BCUT2D eigenvalue weighted by Crippen LogP contribution is 2.30. The van der Waals surface area contributed by atoms with Crippen molar-refractivity contribution in [2.75, 3.05) is 35.8 Å². The quantitative estimate of drug-likeness (QED) is 0.460. The normalized spacial score (nSPS) is 17.2. The number of hydrogen-bond donors (Lipinski definition) is 3. The largest absolute Gasteiger partial charge is 0.490 e. The van der Waals surface area contributed by atoms with E-state index in [2.05, 4.69) is 14.5 Å². The van der Waals surface area contributed by atoms with Gasteiger partial charge in [-0.1, -0.05) is 24.1 Å². The van der Waals surface area contributed by atoms with Gasteiger partial charge in [0.1, 0.15) is 0 Å². The van der Waals surface area contributed by atoms with E-state index in [1.807, 2.05) is 6.92 Å². The number of halogens is 3. The SMILES string of the molecule is Cc1ccc(S(=O)(=O)Nc2ccc(N3CCC(N4CCCCC4)CC3)c(C(=O)O)c2)cc1.O=C(O)C(F)(F)F. The molecule has 39 heavy (non-hydrogen) atoms. The Morgan fingerprint density at radius 2 is 1.49 bits per heavy atom. The van der Waals surface area contributed by atoms with E-state index in [0.29, 0.717) is 11.7 Å². The number of carboxylic acids is 2. The van der Waals surface area contributed by atoms with E-state index in [9.17, 15) is 31.5 Å². The number of carboxylic acid groups (broad SMARTS) is 2. The number of hydrogen-bond acceptors (Lipinski definition) is 6. The summed E-state index contributed by atoms with van der Waals surface area (Å²) in [6.45, 7) is 5.82. The minimum atomic E-state index is -5.08. The molecule has 0 aromatic heterocycles. The lowest BCUT2D eigenvalue weighted by molar-refractivity contribution is -0.192. The van der Waals surface area contributed by atoms with E-state index < -0.39 is 28.1 Å². The smallest absolute Gasteiger partial charge is 0.478 e. The summed E-state index contributed by atoms with van der Waals surface area (Å²) in [5, 5.41) is 16.9. The van der Waals surface area contributed by atoms with Crippen LogP contribution in [0.25, 0.3) is 0 Å². The van der Waals surface area contributed by atoms with Crippen LogP contribution in [-0.2, 0) is 14.8 Å². The topological polar surface area (TPSA) is 127 Å². The third-order valence-electron chi connectivity index (χ3n) is 6.77. The summed E-state index contributed by atoms with van der Waals surface area (Å²) in [5.41, 5.74) is 1.97. The Kier molecular flexibility index (Phi) is 9.83. The highest BCUT2D eigenvalue weighted by Gasteiger charge is 2.38. The number of anilines is 2. The number of likely N-dealkylation sites (tertiary alicyclic amines) is 1. The van der Waals surface area contributed by atoms with Gasteiger partial charge < -0.3 is 20.0 Å². The monoisotopic (exact) mass is 571 g/mol. The van der Waals surface area contributed by atoms with Crippen molar-refractivity contribution in [3.63, 3.8) is 0 Å². The molecule has 0 radical (unpaired) electrons. The molecule has 2 saturated heterocycles. The molecular formula is C26H32F3N3O6S. The van der Waals surface area contributed by atoms with Crippen LogP contribution in [0.1, 0.15) is 48.0 Å². The zero-order valence-corrected chi connectivity index (χ0v) is 22.3. The highest BCUT2D eigenvalue weighted by atomic mass is 32.2. The van der Waals surface area contributed by atoms with E-state index in [1.54, 1.807) is 24.3 Å². The molecule has 2 aromatic rings. The molecule has 0 atom stereocenters. The second kappa shape index (κ2) is 12.7. The zero-order valence-electron chi connectivity index (χ0n) is 21.4. The molecule has 0 aliphatic carbocycles. The van der Waals surface area contributed by atoms with Gasteiger partial charge in [-0.3, -0.25) is 4.72 Å². The molecule has 2 fully saturated rings. The summed E-state index contributed by atoms with van der Waals surface area (Å²) in [6.07, 6.45) is 0.797. The van der Waals surface area contributed by atoms with Crippen LogP contribution in [0.3, 0.4) is 0 Å². The van der Waals surface area contributed by atoms with Crippen molar-refractivity contribution in [1.29, 1.82) is 0 Å². The van der Waals surface area contributed by atoms with Crippen LogP contribution < -0.4 is 9.62 Å². The number of piperidine rings is 2. The van der Waals surface area contributed by atoms with Crippen LogP contribution in [0.2, 0.25) is 0 Å². The average molecular weight is 572 g/mol. The van der Waals surface area contributed by atoms with Gasteiger partial charge in [0, 0.05) is 24.8 Å². The number of alkyl halides is 3. The molecule has 2 aromatic carbocycles. The van der Waals surface area contributed by atoms with Crippen molar-refractivity contribution in [2.24, 2.45) is 0 Å². The summed E-state index contributed by atoms with van der Waals surface area (Å²) < 4.78 is 59.6. The number of aryl methyl sites for hydroxylation is 1. The van der Waals surface area contributed by atoms with Gasteiger partial charge in [-0.2, -0.15) is 13.2 Å². The molecule has 2 aliphatic rings. The van der Waals surface area contributed by atoms with Gasteiger partial charge in [0.15, 0.2) is 0 Å². The third-order valence-corrected chi connectivity index (χ3v) is 8.16. The lowest BCUT2D eigenvalue weighted by Crippen LogP contribution is -2.47. The zero-order chi connectivity index (χ0) is 28.8. The molecule has 0 spiro atoms. The van der Waals surface area contributed by atoms with E-state index in [0.717, 1.165) is 31.5 Å². The predicted molar refractivity (Wildman–Crippen MR) is 140 cm³/mol. The first-order valence-electron chi connectivity index (χ1n) is 12.5. The summed E-state index contributed by atoms with van der Waals surface area (Å²) in [7, 11) is -3.79. The minimum absolute atomic E-state index is 0.116. The van der Waals surface area contributed by atoms with Crippen molar-refractivity contribution in [2.45, 2.75) is 56.1 Å². The maximum absolute atomic E-state index is 12.7. The number of nitrogens with zero attached hydrogens (tertiary/aromatic N) is 2. The molecule has 2 heterocycles. The van der Waals surface area contributed by atoms with E-state index in [4.69, 9.17) is 9.90 Å². The lowest BCUT2D eigenvalue weighted by Gasteiger charge is -2.41. The van der Waals surface area contributed by atoms with Crippen molar-refractivity contribution < 1.29 is 41.4 Å². The van der Waals surface area contributed by atoms with Crippen LogP contribution in [-0.4, -0.2) is 73.9 Å². The summed E-state index contributed by atoms with van der Waals surface area (Å²) >= 11 is 0. The van der Waals surface area contributed by atoms with Crippen LogP contribution in [0.4, 0.5) is 24.5 Å². The molecular weight excluding hydrogens is 539 g/mol. The van der Waals surface area contributed by atoms with Crippen LogP contribution in [0.5, 0.6) is 0 Å². The number of carbonyl (C=O) groups is 2. The van der Waals surface area contributed by atoms with Crippen molar-refractivity contribution in [3.05, 3.63) is 53.6 Å². The average Bonchev–Trinajstić information content (AvgIpc) is 2.89. The fourth-order valence-corrected chi connectivity index (χ4v) is 5.78. The second-order valence-electron chi connectivity index (χ2n) is 9.57. The van der Waals surface area contributed by atoms with Crippen molar-refractivity contribution in [1.82, 2.24) is 4.90 Å². The van der Waals surface area contributed by atoms with Gasteiger partial charge >= 0.3 is 18.1 Å². The lowest BCUT2D eigenvalue weighted by atomic mass is 9.98. The Morgan fingerprint density at radius 3 is 2.00 bits per heavy atom. The maximum atomic E-state index is 12.7. The number of rotatable bonds is 6. The first-order valence-corrected chi connectivity index (χ1v) is 14.0. The number of sulfonamides is 1. The molecule has 0 bridgehead atoms. The van der Waals surface area contributed by atoms with Gasteiger partial charge in [0.05, 0.1) is 16.1 Å². The Morgan fingerprint density at radius 1 is 0.923 bits per heavy atom. The Balaban J connectivity index is 0.000000532. The number of aromatic carboxylic acids is 1. The van der Waals surface area contributed by atoms with Gasteiger partial charge in [-0.05, 0) is 76.0 Å². The molecule has 0 amide bonds. The van der Waals surface area contributed by atoms with E-state index >= 15 is 0 Å². The molecule has 3 N–H and O–H groups in total. The molecule has 13 heteroatoms. The van der Waals surface area contributed by atoms with Crippen molar-refractivity contribution >= 4 is 33.3 Å². The first-order chi connectivity index (χ1) is 18.3. The Labute approximate surface area is 225 Å².